The number of carbonyl (C=O) groups excluding carboxylic acids is 1. The van der Waals surface area contributed by atoms with Gasteiger partial charge in [-0.25, -0.2) is 9.28 Å². The average Bonchev–Trinajstić information content (AvgIpc) is 2.95. The van der Waals surface area contributed by atoms with Gasteiger partial charge in [-0.2, -0.15) is 0 Å². The number of quaternary nitrogens is 1. The van der Waals surface area contributed by atoms with Crippen LogP contribution < -0.4 is 9.80 Å². The normalized spacial score (nSPS) is 28.0. The summed E-state index contributed by atoms with van der Waals surface area (Å²) >= 11 is 0. The zero-order valence-electron chi connectivity index (χ0n) is 18.8. The van der Waals surface area contributed by atoms with Crippen molar-refractivity contribution in [2.75, 3.05) is 39.3 Å². The summed E-state index contributed by atoms with van der Waals surface area (Å²) in [7, 11) is 0. The maximum absolute atomic E-state index is 13.7. The lowest BCUT2D eigenvalue weighted by Crippen LogP contribution is -2.55. The van der Waals surface area contributed by atoms with Crippen LogP contribution in [0, 0.1) is 5.92 Å². The Kier molecular flexibility index (Phi) is 8.55. The fraction of sp³-hybridized carbons (Fsp3) is 0.667. The molecule has 178 valence electrons. The topological polar surface area (TPSA) is 89.9 Å². The standard InChI is InChI=1S/C24H35N3O4.ClH/c28-16-15-27(22-7-4-19-9-11-25-12-10-20(19)17-22)14-13-26(24(27)31)21-5-1-18(2-6-21)3-8-23(29)30;/h4,7,17-18,21,25,28H,1-3,5-6,8-16H2;1H/p+1. The first kappa shape index (κ1) is 25.0. The first-order chi connectivity index (χ1) is 15.0. The van der Waals surface area contributed by atoms with Crippen molar-refractivity contribution in [2.45, 2.75) is 57.4 Å². The van der Waals surface area contributed by atoms with Gasteiger partial charge < -0.3 is 15.5 Å². The average molecular weight is 467 g/mol. The van der Waals surface area contributed by atoms with Crippen LogP contribution >= 0.6 is 12.4 Å². The number of aliphatic hydroxyl groups is 1. The van der Waals surface area contributed by atoms with Crippen molar-refractivity contribution in [1.82, 2.24) is 14.7 Å². The molecule has 1 aromatic rings. The molecule has 1 unspecified atom stereocenters. The van der Waals surface area contributed by atoms with Gasteiger partial charge in [-0.3, -0.25) is 9.69 Å². The Morgan fingerprint density at radius 3 is 2.53 bits per heavy atom. The van der Waals surface area contributed by atoms with E-state index in [0.717, 1.165) is 70.3 Å². The second-order valence-corrected chi connectivity index (χ2v) is 9.42. The van der Waals surface area contributed by atoms with Gasteiger partial charge in [0.15, 0.2) is 0 Å². The van der Waals surface area contributed by atoms with Crippen LogP contribution in [0.25, 0.3) is 0 Å². The summed E-state index contributed by atoms with van der Waals surface area (Å²) in [5.74, 6) is -0.264. The molecule has 1 aliphatic carbocycles. The number of hydrogen-bond donors (Lipinski definition) is 3. The van der Waals surface area contributed by atoms with Gasteiger partial charge in [0.2, 0.25) is 0 Å². The monoisotopic (exact) mass is 466 g/mol. The number of nitrogens with one attached hydrogen (secondary N) is 1. The highest BCUT2D eigenvalue weighted by molar-refractivity contribution is 5.89. The first-order valence-corrected chi connectivity index (χ1v) is 11.9. The molecule has 4 rings (SSSR count). The predicted molar refractivity (Wildman–Crippen MR) is 127 cm³/mol. The maximum atomic E-state index is 13.7. The smallest absolute Gasteiger partial charge is 0.424 e. The van der Waals surface area contributed by atoms with Crippen LogP contribution in [0.4, 0.5) is 10.5 Å². The molecule has 2 heterocycles. The molecule has 1 aromatic carbocycles. The lowest BCUT2D eigenvalue weighted by Gasteiger charge is -2.35. The van der Waals surface area contributed by atoms with Gasteiger partial charge in [-0.1, -0.05) is 6.07 Å². The molecule has 2 fully saturated rings. The van der Waals surface area contributed by atoms with Gasteiger partial charge >= 0.3 is 12.0 Å². The van der Waals surface area contributed by atoms with Crippen LogP contribution in [0.5, 0.6) is 0 Å². The lowest BCUT2D eigenvalue weighted by molar-refractivity contribution is -0.137. The van der Waals surface area contributed by atoms with Gasteiger partial charge in [0.1, 0.15) is 18.8 Å². The number of carboxylic acids is 1. The molecule has 1 atom stereocenters. The molecule has 1 saturated heterocycles. The number of amides is 2. The summed E-state index contributed by atoms with van der Waals surface area (Å²) in [6.45, 7) is 3.78. The third kappa shape index (κ3) is 5.11. The molecular formula is C24H37ClN3O4+. The molecule has 0 spiro atoms. The lowest BCUT2D eigenvalue weighted by atomic mass is 9.83. The summed E-state index contributed by atoms with van der Waals surface area (Å²) in [4.78, 5) is 26.7. The van der Waals surface area contributed by atoms with E-state index >= 15 is 0 Å². The summed E-state index contributed by atoms with van der Waals surface area (Å²) < 4.78 is 0.218. The molecular weight excluding hydrogens is 430 g/mol. The van der Waals surface area contributed by atoms with Crippen LogP contribution in [-0.2, 0) is 17.6 Å². The maximum Gasteiger partial charge on any atom is 0.424 e. The Balaban J connectivity index is 0.00000289. The minimum absolute atomic E-state index is 0. The summed E-state index contributed by atoms with van der Waals surface area (Å²) in [5.41, 5.74) is 3.69. The summed E-state index contributed by atoms with van der Waals surface area (Å²) in [6.07, 6.45) is 6.85. The van der Waals surface area contributed by atoms with Crippen molar-refractivity contribution in [1.29, 1.82) is 0 Å². The van der Waals surface area contributed by atoms with Gasteiger partial charge in [-0.15, -0.1) is 12.4 Å². The highest BCUT2D eigenvalue weighted by atomic mass is 35.5. The van der Waals surface area contributed by atoms with Crippen molar-refractivity contribution in [3.05, 3.63) is 29.3 Å². The highest BCUT2D eigenvalue weighted by Crippen LogP contribution is 2.37. The molecule has 2 aliphatic heterocycles. The van der Waals surface area contributed by atoms with Crippen molar-refractivity contribution < 1.29 is 19.8 Å². The zero-order valence-corrected chi connectivity index (χ0v) is 19.6. The number of nitrogens with zero attached hydrogens (tertiary/aromatic N) is 2. The molecule has 0 aromatic heterocycles. The number of halogens is 1. The highest BCUT2D eigenvalue weighted by Gasteiger charge is 2.50. The number of carboxylic acid groups (broad SMARTS) is 1. The Morgan fingerprint density at radius 2 is 1.84 bits per heavy atom. The largest absolute Gasteiger partial charge is 0.481 e. The minimum atomic E-state index is -0.723. The summed E-state index contributed by atoms with van der Waals surface area (Å²) in [5, 5.41) is 22.2. The molecule has 0 radical (unpaired) electrons. The minimum Gasteiger partial charge on any atom is -0.481 e. The quantitative estimate of drug-likeness (QED) is 0.537. The summed E-state index contributed by atoms with van der Waals surface area (Å²) in [6, 6.07) is 6.84. The van der Waals surface area contributed by atoms with Crippen LogP contribution in [-0.4, -0.2) is 72.5 Å². The fourth-order valence-corrected chi connectivity index (χ4v) is 5.80. The molecule has 32 heavy (non-hydrogen) atoms. The number of hydrogen-bond acceptors (Lipinski definition) is 4. The van der Waals surface area contributed by atoms with E-state index in [1.807, 2.05) is 0 Å². The van der Waals surface area contributed by atoms with E-state index in [2.05, 4.69) is 28.4 Å². The van der Waals surface area contributed by atoms with Gasteiger partial charge in [0.25, 0.3) is 0 Å². The third-order valence-corrected chi connectivity index (χ3v) is 7.67. The molecule has 8 heteroatoms. The van der Waals surface area contributed by atoms with E-state index in [1.54, 1.807) is 0 Å². The van der Waals surface area contributed by atoms with Crippen molar-refractivity contribution >= 4 is 30.1 Å². The first-order valence-electron chi connectivity index (χ1n) is 11.9. The number of benzene rings is 1. The molecule has 7 nitrogen and oxygen atoms in total. The molecule has 2 amide bonds. The predicted octanol–water partition coefficient (Wildman–Crippen LogP) is 2.96. The number of rotatable bonds is 7. The van der Waals surface area contributed by atoms with Gasteiger partial charge in [0.05, 0.1) is 13.2 Å². The van der Waals surface area contributed by atoms with Gasteiger partial charge in [-0.05, 0) is 81.1 Å². The zero-order chi connectivity index (χ0) is 21.8. The van der Waals surface area contributed by atoms with Crippen molar-refractivity contribution in [3.8, 4) is 0 Å². The van der Waals surface area contributed by atoms with Gasteiger partial charge in [0, 0.05) is 18.5 Å². The van der Waals surface area contributed by atoms with E-state index in [0.29, 0.717) is 19.0 Å². The fourth-order valence-electron chi connectivity index (χ4n) is 5.80. The van der Waals surface area contributed by atoms with Crippen molar-refractivity contribution in [3.63, 3.8) is 0 Å². The van der Waals surface area contributed by atoms with E-state index in [9.17, 15) is 14.7 Å². The van der Waals surface area contributed by atoms with Crippen LogP contribution in [0.1, 0.15) is 49.7 Å². The molecule has 3 N–H and O–H groups in total. The Morgan fingerprint density at radius 1 is 1.12 bits per heavy atom. The number of fused-ring (bicyclic) bond motifs is 1. The van der Waals surface area contributed by atoms with E-state index in [-0.39, 0.29) is 42.0 Å². The van der Waals surface area contributed by atoms with E-state index in [1.165, 1.54) is 11.1 Å². The number of aliphatic hydroxyl groups excluding tert-OH is 1. The molecule has 1 saturated carbocycles. The Bertz CT molecular complexity index is 812. The Hall–Kier alpha value is -1.67. The second kappa shape index (κ2) is 11.0. The molecule has 3 aliphatic rings. The van der Waals surface area contributed by atoms with E-state index in [4.69, 9.17) is 5.11 Å². The molecule has 0 bridgehead atoms. The third-order valence-electron chi connectivity index (χ3n) is 7.67. The Labute approximate surface area is 196 Å². The number of aliphatic carboxylic acids is 1. The van der Waals surface area contributed by atoms with E-state index < -0.39 is 5.97 Å². The SMILES string of the molecule is Cl.O=C(O)CCC1CCC(N2CC[N+](CCO)(c3ccc4c(c3)CCNCC4)C2=O)CC1. The number of urea groups is 1. The van der Waals surface area contributed by atoms with Crippen molar-refractivity contribution in [2.24, 2.45) is 5.92 Å². The van der Waals surface area contributed by atoms with Crippen LogP contribution in [0.3, 0.4) is 0 Å². The van der Waals surface area contributed by atoms with Crippen LogP contribution in [0.2, 0.25) is 0 Å². The number of carbonyl (C=O) groups is 2. The second-order valence-electron chi connectivity index (χ2n) is 9.42. The van der Waals surface area contributed by atoms with Crippen LogP contribution in [0.15, 0.2) is 18.2 Å².